The Labute approximate surface area is 102 Å². The molecule has 0 heterocycles. The Hall–Kier alpha value is 0. The summed E-state index contributed by atoms with van der Waals surface area (Å²) >= 11 is 0. The fourth-order valence-electron chi connectivity index (χ4n) is 4.91. The number of rotatable bonds is 2. The lowest BCUT2D eigenvalue weighted by molar-refractivity contribution is 0.122. The summed E-state index contributed by atoms with van der Waals surface area (Å²) in [6.07, 6.45) is 7.36. The molecule has 2 aliphatic rings. The zero-order valence-electron chi connectivity index (χ0n) is 11.9. The Bertz CT molecular complexity index is 244. The highest BCUT2D eigenvalue weighted by molar-refractivity contribution is 4.99. The van der Waals surface area contributed by atoms with E-state index in [0.29, 0.717) is 5.41 Å². The minimum Gasteiger partial charge on any atom is -0.0654 e. The molecule has 6 atom stereocenters. The van der Waals surface area contributed by atoms with Crippen LogP contribution in [0.1, 0.15) is 66.7 Å². The second-order valence-corrected chi connectivity index (χ2v) is 7.17. The molecule has 5 unspecified atom stereocenters. The third-order valence-electron chi connectivity index (χ3n) is 6.29. The number of hydrogen-bond donors (Lipinski definition) is 0. The van der Waals surface area contributed by atoms with Crippen molar-refractivity contribution >= 4 is 0 Å². The van der Waals surface area contributed by atoms with Gasteiger partial charge in [-0.2, -0.15) is 0 Å². The van der Waals surface area contributed by atoms with E-state index in [-0.39, 0.29) is 0 Å². The van der Waals surface area contributed by atoms with E-state index in [1.807, 2.05) is 0 Å². The van der Waals surface area contributed by atoms with Gasteiger partial charge in [0.05, 0.1) is 0 Å². The highest BCUT2D eigenvalue weighted by Gasteiger charge is 2.50. The molecule has 0 radical (unpaired) electrons. The molecule has 0 aromatic rings. The molecule has 2 saturated carbocycles. The van der Waals surface area contributed by atoms with E-state index in [2.05, 4.69) is 34.6 Å². The highest BCUT2D eigenvalue weighted by Crippen LogP contribution is 2.59. The summed E-state index contributed by atoms with van der Waals surface area (Å²) in [6.45, 7) is 12.5. The fourth-order valence-corrected chi connectivity index (χ4v) is 4.91. The molecular weight excluding hydrogens is 192 g/mol. The Balaban J connectivity index is 2.22. The Morgan fingerprint density at radius 3 is 2.31 bits per heavy atom. The van der Waals surface area contributed by atoms with Gasteiger partial charge in [0.2, 0.25) is 0 Å². The quantitative estimate of drug-likeness (QED) is 0.607. The smallest absolute Gasteiger partial charge is 0.0272 e. The molecule has 94 valence electrons. The van der Waals surface area contributed by atoms with Crippen LogP contribution < -0.4 is 0 Å². The maximum atomic E-state index is 2.57. The molecule has 0 N–H and O–H groups in total. The van der Waals surface area contributed by atoms with E-state index >= 15 is 0 Å². The van der Waals surface area contributed by atoms with E-state index in [4.69, 9.17) is 0 Å². The van der Waals surface area contributed by atoms with E-state index in [1.54, 1.807) is 0 Å². The summed E-state index contributed by atoms with van der Waals surface area (Å²) < 4.78 is 0. The second kappa shape index (κ2) is 4.35. The normalized spacial score (nSPS) is 52.7. The van der Waals surface area contributed by atoms with Crippen molar-refractivity contribution in [1.82, 2.24) is 0 Å². The van der Waals surface area contributed by atoms with Crippen molar-refractivity contribution < 1.29 is 0 Å². The largest absolute Gasteiger partial charge is 0.0654 e. The molecule has 0 aliphatic heterocycles. The van der Waals surface area contributed by atoms with Crippen LogP contribution in [-0.2, 0) is 0 Å². The first kappa shape index (κ1) is 12.5. The molecule has 0 saturated heterocycles. The van der Waals surface area contributed by atoms with Crippen LogP contribution in [0.25, 0.3) is 0 Å². The Morgan fingerprint density at radius 1 is 1.06 bits per heavy atom. The summed E-state index contributed by atoms with van der Waals surface area (Å²) in [6, 6.07) is 0. The van der Waals surface area contributed by atoms with E-state index in [0.717, 1.165) is 29.6 Å². The zero-order chi connectivity index (χ0) is 11.9. The van der Waals surface area contributed by atoms with Crippen molar-refractivity contribution in [3.8, 4) is 0 Å². The molecule has 0 amide bonds. The molecule has 0 spiro atoms. The first-order valence-electron chi connectivity index (χ1n) is 7.49. The lowest BCUT2D eigenvalue weighted by atomic mass is 9.68. The molecule has 2 bridgehead atoms. The molecule has 0 aromatic carbocycles. The summed E-state index contributed by atoms with van der Waals surface area (Å²) in [7, 11) is 0. The van der Waals surface area contributed by atoms with Gasteiger partial charge in [-0.15, -0.1) is 0 Å². The van der Waals surface area contributed by atoms with Gasteiger partial charge in [-0.1, -0.05) is 47.5 Å². The van der Waals surface area contributed by atoms with Crippen LogP contribution in [0.15, 0.2) is 0 Å². The van der Waals surface area contributed by atoms with Crippen molar-refractivity contribution in [3.63, 3.8) is 0 Å². The van der Waals surface area contributed by atoms with Crippen LogP contribution in [0.5, 0.6) is 0 Å². The van der Waals surface area contributed by atoms with E-state index in [1.165, 1.54) is 32.1 Å². The standard InChI is InChI=1S/C16H30/c1-6-7-15-11(2)8-12(3)16(5)10-14(15)9-13(16)4/h11-15H,6-10H2,1-5H3/t11?,12?,13-,14?,15?,16?/m0/s1. The van der Waals surface area contributed by atoms with Crippen LogP contribution in [0.2, 0.25) is 0 Å². The average molecular weight is 222 g/mol. The van der Waals surface area contributed by atoms with Crippen LogP contribution in [-0.4, -0.2) is 0 Å². The van der Waals surface area contributed by atoms with Gasteiger partial charge >= 0.3 is 0 Å². The second-order valence-electron chi connectivity index (χ2n) is 7.17. The van der Waals surface area contributed by atoms with Gasteiger partial charge in [0.15, 0.2) is 0 Å². The van der Waals surface area contributed by atoms with Crippen LogP contribution in [0.3, 0.4) is 0 Å². The molecule has 2 fully saturated rings. The summed E-state index contributed by atoms with van der Waals surface area (Å²) in [5.41, 5.74) is 0.654. The zero-order valence-corrected chi connectivity index (χ0v) is 11.9. The fraction of sp³-hybridized carbons (Fsp3) is 1.00. The first-order chi connectivity index (χ1) is 7.49. The average Bonchev–Trinajstić information content (AvgIpc) is 2.48. The van der Waals surface area contributed by atoms with Gasteiger partial charge < -0.3 is 0 Å². The summed E-state index contributed by atoms with van der Waals surface area (Å²) in [5, 5.41) is 0. The highest BCUT2D eigenvalue weighted by atomic mass is 14.5. The van der Waals surface area contributed by atoms with Gasteiger partial charge in [0.1, 0.15) is 0 Å². The number of fused-ring (bicyclic) bond motifs is 2. The van der Waals surface area contributed by atoms with Gasteiger partial charge in [0.25, 0.3) is 0 Å². The van der Waals surface area contributed by atoms with Crippen molar-refractivity contribution in [3.05, 3.63) is 0 Å². The topological polar surface area (TPSA) is 0 Å². The maximum Gasteiger partial charge on any atom is -0.0272 e. The monoisotopic (exact) mass is 222 g/mol. The lowest BCUT2D eigenvalue weighted by Crippen LogP contribution is -2.29. The molecule has 0 nitrogen and oxygen atoms in total. The van der Waals surface area contributed by atoms with E-state index < -0.39 is 0 Å². The minimum absolute atomic E-state index is 0.654. The summed E-state index contributed by atoms with van der Waals surface area (Å²) in [5.74, 6) is 4.93. The van der Waals surface area contributed by atoms with Gasteiger partial charge in [-0.3, -0.25) is 0 Å². The molecule has 0 heteroatoms. The van der Waals surface area contributed by atoms with Crippen LogP contribution in [0, 0.1) is 35.0 Å². The molecule has 2 rings (SSSR count). The molecular formula is C16H30. The summed E-state index contributed by atoms with van der Waals surface area (Å²) in [4.78, 5) is 0. The van der Waals surface area contributed by atoms with Crippen molar-refractivity contribution in [2.24, 2.45) is 35.0 Å². The third-order valence-corrected chi connectivity index (χ3v) is 6.29. The predicted molar refractivity (Wildman–Crippen MR) is 71.3 cm³/mol. The van der Waals surface area contributed by atoms with Crippen LogP contribution >= 0.6 is 0 Å². The predicted octanol–water partition coefficient (Wildman–Crippen LogP) is 5.13. The third kappa shape index (κ3) is 1.83. The maximum absolute atomic E-state index is 2.57. The molecule has 16 heavy (non-hydrogen) atoms. The van der Waals surface area contributed by atoms with E-state index in [9.17, 15) is 0 Å². The number of hydrogen-bond acceptors (Lipinski definition) is 0. The minimum atomic E-state index is 0.654. The van der Waals surface area contributed by atoms with Crippen LogP contribution in [0.4, 0.5) is 0 Å². The lowest BCUT2D eigenvalue weighted by Gasteiger charge is -2.37. The SMILES string of the molecule is CCCC1C(C)CC(C)C2(C)CC1C[C@@H]2C. The molecule has 0 aromatic heterocycles. The Morgan fingerprint density at radius 2 is 1.69 bits per heavy atom. The first-order valence-corrected chi connectivity index (χ1v) is 7.49. The van der Waals surface area contributed by atoms with Gasteiger partial charge in [-0.25, -0.2) is 0 Å². The van der Waals surface area contributed by atoms with Gasteiger partial charge in [0, 0.05) is 0 Å². The van der Waals surface area contributed by atoms with Crippen molar-refractivity contribution in [2.45, 2.75) is 66.7 Å². The van der Waals surface area contributed by atoms with Crippen molar-refractivity contribution in [2.75, 3.05) is 0 Å². The van der Waals surface area contributed by atoms with Crippen molar-refractivity contribution in [1.29, 1.82) is 0 Å². The molecule has 2 aliphatic carbocycles. The van der Waals surface area contributed by atoms with Gasteiger partial charge in [-0.05, 0) is 54.3 Å². The Kier molecular flexibility index (Phi) is 3.39.